The Hall–Kier alpha value is -0.490. The highest BCUT2D eigenvalue weighted by atomic mass is 79.9. The van der Waals surface area contributed by atoms with E-state index in [0.29, 0.717) is 6.54 Å². The summed E-state index contributed by atoms with van der Waals surface area (Å²) in [7, 11) is 0. The van der Waals surface area contributed by atoms with Gasteiger partial charge in [0.2, 0.25) is 0 Å². The molecule has 1 aliphatic heterocycles. The fourth-order valence-corrected chi connectivity index (χ4v) is 2.80. The molecular formula is C13H20BrN3O. The van der Waals surface area contributed by atoms with E-state index in [2.05, 4.69) is 38.8 Å². The van der Waals surface area contributed by atoms with Crippen LogP contribution in [0.1, 0.15) is 24.9 Å². The predicted octanol–water partition coefficient (Wildman–Crippen LogP) is 1.95. The minimum Gasteiger partial charge on any atom is -0.377 e. The first-order valence-electron chi connectivity index (χ1n) is 6.37. The van der Waals surface area contributed by atoms with Crippen LogP contribution in [0, 0.1) is 0 Å². The molecule has 1 saturated heterocycles. The van der Waals surface area contributed by atoms with Gasteiger partial charge in [0.05, 0.1) is 6.10 Å². The Labute approximate surface area is 117 Å². The topological polar surface area (TPSA) is 51.4 Å². The van der Waals surface area contributed by atoms with Crippen molar-refractivity contribution in [2.24, 2.45) is 5.73 Å². The Kier molecular flexibility index (Phi) is 5.12. The highest BCUT2D eigenvalue weighted by Gasteiger charge is 2.23. The van der Waals surface area contributed by atoms with E-state index in [9.17, 15) is 0 Å². The summed E-state index contributed by atoms with van der Waals surface area (Å²) in [5.41, 5.74) is 7.12. The Morgan fingerprint density at radius 2 is 2.44 bits per heavy atom. The lowest BCUT2D eigenvalue weighted by Crippen LogP contribution is -2.37. The van der Waals surface area contributed by atoms with Crippen molar-refractivity contribution >= 4 is 15.9 Å². The van der Waals surface area contributed by atoms with Crippen LogP contribution in [-0.2, 0) is 4.74 Å². The third-order valence-electron chi connectivity index (χ3n) is 3.26. The Morgan fingerprint density at radius 3 is 3.17 bits per heavy atom. The van der Waals surface area contributed by atoms with E-state index in [1.165, 1.54) is 5.56 Å². The quantitative estimate of drug-likeness (QED) is 0.926. The average Bonchev–Trinajstić information content (AvgIpc) is 2.55. The van der Waals surface area contributed by atoms with E-state index in [0.717, 1.165) is 30.6 Å². The molecule has 1 aromatic heterocycles. The second-order valence-corrected chi connectivity index (χ2v) is 5.63. The number of rotatable bonds is 3. The van der Waals surface area contributed by atoms with Gasteiger partial charge in [0.15, 0.2) is 0 Å². The molecule has 1 aromatic rings. The van der Waals surface area contributed by atoms with Gasteiger partial charge < -0.3 is 10.5 Å². The molecule has 2 atom stereocenters. The van der Waals surface area contributed by atoms with Gasteiger partial charge in [-0.25, -0.2) is 0 Å². The molecule has 5 heteroatoms. The number of pyridine rings is 1. The second kappa shape index (κ2) is 6.61. The van der Waals surface area contributed by atoms with Crippen LogP contribution in [0.3, 0.4) is 0 Å². The predicted molar refractivity (Wildman–Crippen MR) is 75.3 cm³/mol. The zero-order valence-corrected chi connectivity index (χ0v) is 12.3. The molecule has 1 fully saturated rings. The van der Waals surface area contributed by atoms with Crippen molar-refractivity contribution in [1.29, 1.82) is 0 Å². The largest absolute Gasteiger partial charge is 0.377 e. The summed E-state index contributed by atoms with van der Waals surface area (Å²) >= 11 is 3.46. The minimum atomic E-state index is 0.221. The lowest BCUT2D eigenvalue weighted by molar-refractivity contribution is 0.0611. The highest BCUT2D eigenvalue weighted by Crippen LogP contribution is 2.23. The molecule has 4 nitrogen and oxygen atoms in total. The molecule has 100 valence electrons. The number of ether oxygens (including phenoxy) is 1. The van der Waals surface area contributed by atoms with Crippen LogP contribution in [0.15, 0.2) is 22.9 Å². The Balaban J connectivity index is 2.16. The van der Waals surface area contributed by atoms with Crippen molar-refractivity contribution < 1.29 is 4.74 Å². The van der Waals surface area contributed by atoms with E-state index >= 15 is 0 Å². The van der Waals surface area contributed by atoms with Crippen LogP contribution in [0.4, 0.5) is 0 Å². The monoisotopic (exact) mass is 313 g/mol. The van der Waals surface area contributed by atoms with Crippen molar-refractivity contribution in [3.05, 3.63) is 28.5 Å². The van der Waals surface area contributed by atoms with E-state index in [1.807, 2.05) is 6.20 Å². The molecule has 18 heavy (non-hydrogen) atoms. The fourth-order valence-electron chi connectivity index (χ4n) is 2.42. The zero-order valence-electron chi connectivity index (χ0n) is 10.7. The van der Waals surface area contributed by atoms with E-state index in [-0.39, 0.29) is 12.1 Å². The molecular weight excluding hydrogens is 294 g/mol. The third kappa shape index (κ3) is 3.51. The summed E-state index contributed by atoms with van der Waals surface area (Å²) in [5, 5.41) is 0. The molecule has 0 bridgehead atoms. The summed E-state index contributed by atoms with van der Waals surface area (Å²) in [4.78, 5) is 6.63. The van der Waals surface area contributed by atoms with Crippen LogP contribution in [0.2, 0.25) is 0 Å². The SMILES string of the molecule is CC1CN(C(CN)c2cncc(Br)c2)CCCO1. The van der Waals surface area contributed by atoms with Crippen LogP contribution in [-0.4, -0.2) is 42.2 Å². The maximum Gasteiger partial charge on any atom is 0.0674 e. The smallest absolute Gasteiger partial charge is 0.0674 e. The minimum absolute atomic E-state index is 0.221. The summed E-state index contributed by atoms with van der Waals surface area (Å²) in [6.45, 7) is 5.51. The van der Waals surface area contributed by atoms with Crippen LogP contribution in [0.25, 0.3) is 0 Å². The zero-order chi connectivity index (χ0) is 13.0. The van der Waals surface area contributed by atoms with E-state index in [4.69, 9.17) is 10.5 Å². The van der Waals surface area contributed by atoms with Gasteiger partial charge in [0.25, 0.3) is 0 Å². The highest BCUT2D eigenvalue weighted by molar-refractivity contribution is 9.10. The number of hydrogen-bond donors (Lipinski definition) is 1. The van der Waals surface area contributed by atoms with Crippen molar-refractivity contribution in [3.63, 3.8) is 0 Å². The molecule has 0 aromatic carbocycles. The van der Waals surface area contributed by atoms with E-state index in [1.54, 1.807) is 6.20 Å². The van der Waals surface area contributed by atoms with Gasteiger partial charge in [0.1, 0.15) is 0 Å². The molecule has 0 radical (unpaired) electrons. The summed E-state index contributed by atoms with van der Waals surface area (Å²) in [6, 6.07) is 2.32. The number of nitrogens with two attached hydrogens (primary N) is 1. The molecule has 2 N–H and O–H groups in total. The molecule has 1 aliphatic rings. The Bertz CT molecular complexity index is 388. The summed E-state index contributed by atoms with van der Waals surface area (Å²) in [5.74, 6) is 0. The maximum atomic E-state index is 5.96. The number of nitrogens with zero attached hydrogens (tertiary/aromatic N) is 2. The second-order valence-electron chi connectivity index (χ2n) is 4.72. The third-order valence-corrected chi connectivity index (χ3v) is 3.69. The van der Waals surface area contributed by atoms with Gasteiger partial charge in [-0.2, -0.15) is 0 Å². The van der Waals surface area contributed by atoms with Crippen LogP contribution >= 0.6 is 15.9 Å². The van der Waals surface area contributed by atoms with Gasteiger partial charge in [-0.05, 0) is 40.9 Å². The fraction of sp³-hybridized carbons (Fsp3) is 0.615. The summed E-state index contributed by atoms with van der Waals surface area (Å²) < 4.78 is 6.68. The number of hydrogen-bond acceptors (Lipinski definition) is 4. The number of halogens is 1. The normalized spacial score (nSPS) is 23.6. The molecule has 0 aliphatic carbocycles. The lowest BCUT2D eigenvalue weighted by atomic mass is 10.1. The maximum absolute atomic E-state index is 5.96. The van der Waals surface area contributed by atoms with Gasteiger partial charge in [-0.3, -0.25) is 9.88 Å². The van der Waals surface area contributed by atoms with Crippen molar-refractivity contribution in [1.82, 2.24) is 9.88 Å². The van der Waals surface area contributed by atoms with Crippen molar-refractivity contribution in [3.8, 4) is 0 Å². The van der Waals surface area contributed by atoms with Gasteiger partial charge in [-0.1, -0.05) is 0 Å². The first kappa shape index (κ1) is 13.9. The summed E-state index contributed by atoms with van der Waals surface area (Å²) in [6.07, 6.45) is 5.02. The van der Waals surface area contributed by atoms with Gasteiger partial charge in [0, 0.05) is 49.1 Å². The van der Waals surface area contributed by atoms with Crippen LogP contribution < -0.4 is 5.73 Å². The van der Waals surface area contributed by atoms with Gasteiger partial charge >= 0.3 is 0 Å². The first-order chi connectivity index (χ1) is 8.70. The molecule has 0 spiro atoms. The van der Waals surface area contributed by atoms with E-state index < -0.39 is 0 Å². The molecule has 0 amide bonds. The molecule has 2 unspecified atom stereocenters. The van der Waals surface area contributed by atoms with Crippen molar-refractivity contribution in [2.75, 3.05) is 26.2 Å². The molecule has 0 saturated carbocycles. The van der Waals surface area contributed by atoms with Crippen molar-refractivity contribution in [2.45, 2.75) is 25.5 Å². The van der Waals surface area contributed by atoms with Crippen LogP contribution in [0.5, 0.6) is 0 Å². The lowest BCUT2D eigenvalue weighted by Gasteiger charge is -2.30. The molecule has 2 rings (SSSR count). The number of aromatic nitrogens is 1. The Morgan fingerprint density at radius 1 is 1.61 bits per heavy atom. The average molecular weight is 314 g/mol. The standard InChI is InChI=1S/C13H20BrN3O/c1-10-9-17(3-2-4-18-10)13(6-15)11-5-12(14)8-16-7-11/h5,7-8,10,13H,2-4,6,9,15H2,1H3. The molecule has 2 heterocycles. The first-order valence-corrected chi connectivity index (χ1v) is 7.16. The van der Waals surface area contributed by atoms with Gasteiger partial charge in [-0.15, -0.1) is 0 Å².